The third-order valence-corrected chi connectivity index (χ3v) is 5.96. The smallest absolute Gasteiger partial charge is 0.165 e. The first kappa shape index (κ1) is 22.9. The highest BCUT2D eigenvalue weighted by Crippen LogP contribution is 2.38. The van der Waals surface area contributed by atoms with Crippen LogP contribution < -0.4 is 4.74 Å². The Labute approximate surface area is 204 Å². The van der Waals surface area contributed by atoms with E-state index in [-0.39, 0.29) is 5.56 Å². The summed E-state index contributed by atoms with van der Waals surface area (Å²) >= 11 is 6.42. The molecule has 0 aliphatic carbocycles. The molecule has 0 fully saturated rings. The maximum atomic E-state index is 13.9. The van der Waals surface area contributed by atoms with E-state index in [1.54, 1.807) is 30.3 Å². The molecule has 3 aromatic rings. The van der Waals surface area contributed by atoms with Crippen molar-refractivity contribution in [3.63, 3.8) is 0 Å². The lowest BCUT2D eigenvalue weighted by atomic mass is 10.0. The second-order valence-electron chi connectivity index (χ2n) is 8.06. The van der Waals surface area contributed by atoms with E-state index in [1.165, 1.54) is 12.1 Å². The van der Waals surface area contributed by atoms with Crippen LogP contribution in [0, 0.1) is 18.6 Å². The number of imidazole rings is 1. The molecule has 3 heterocycles. The van der Waals surface area contributed by atoms with E-state index in [4.69, 9.17) is 16.3 Å². The summed E-state index contributed by atoms with van der Waals surface area (Å²) in [5.41, 5.74) is 3.81. The molecule has 7 nitrogen and oxygen atoms in total. The number of benzene rings is 2. The molecule has 1 atom stereocenters. The highest BCUT2D eigenvalue weighted by atomic mass is 35.5. The summed E-state index contributed by atoms with van der Waals surface area (Å²) in [5.74, 6) is -0.477. The first-order chi connectivity index (χ1) is 16.9. The Hall–Kier alpha value is -3.82. The number of fused-ring (bicyclic) bond motifs is 1. The lowest BCUT2D eigenvalue weighted by Gasteiger charge is -2.22. The molecule has 35 heavy (non-hydrogen) atoms. The average Bonchev–Trinajstić information content (AvgIpc) is 3.44. The van der Waals surface area contributed by atoms with Crippen molar-refractivity contribution in [2.24, 2.45) is 0 Å². The minimum Gasteiger partial charge on any atom is -0.495 e. The fourth-order valence-corrected chi connectivity index (χ4v) is 4.38. The number of methoxy groups -OCH3 is 1. The standard InChI is InChI=1S/C25H20ClF2N5O2/c1-14-10-32(13-29-14)21-4-3-15(7-23(21)35-2)24-20-8-17(26)11-33(25(20)31-30-24)22(12-34)16-5-18(27)9-19(28)6-16/h3-11,13,22,34H,12H2,1-2H3. The van der Waals surface area contributed by atoms with E-state index in [9.17, 15) is 13.9 Å². The Morgan fingerprint density at radius 2 is 1.83 bits per heavy atom. The SMILES string of the molecule is COc1cc(-c2nnc3n(C(CO)c4cc(F)cc(F)c4)cc(Cl)cc2-3)ccc1-n1cnc(C)c1. The lowest BCUT2D eigenvalue weighted by Crippen LogP contribution is -2.18. The number of aromatic nitrogens is 5. The predicted octanol–water partition coefficient (Wildman–Crippen LogP) is 5.07. The van der Waals surface area contributed by atoms with E-state index in [0.717, 1.165) is 23.0 Å². The molecule has 0 bridgehead atoms. The molecule has 5 rings (SSSR count). The van der Waals surface area contributed by atoms with Gasteiger partial charge in [0.1, 0.15) is 23.1 Å². The number of rotatable bonds is 6. The van der Waals surface area contributed by atoms with Crippen molar-refractivity contribution in [3.8, 4) is 34.1 Å². The van der Waals surface area contributed by atoms with Gasteiger partial charge in [-0.15, -0.1) is 10.2 Å². The Bertz CT molecular complexity index is 1480. The van der Waals surface area contributed by atoms with Crippen molar-refractivity contribution in [1.82, 2.24) is 24.3 Å². The van der Waals surface area contributed by atoms with Crippen LogP contribution in [-0.4, -0.2) is 43.1 Å². The fourth-order valence-electron chi connectivity index (χ4n) is 4.17. The summed E-state index contributed by atoms with van der Waals surface area (Å²) in [7, 11) is 1.58. The minimum atomic E-state index is -0.827. The van der Waals surface area contributed by atoms with Crippen LogP contribution in [-0.2, 0) is 0 Å². The first-order valence-corrected chi connectivity index (χ1v) is 11.1. The van der Waals surface area contributed by atoms with E-state index in [1.807, 2.05) is 35.9 Å². The number of hydrogen-bond donors (Lipinski definition) is 1. The van der Waals surface area contributed by atoms with E-state index in [2.05, 4.69) is 15.2 Å². The molecule has 2 aliphatic rings. The van der Waals surface area contributed by atoms with Crippen LogP contribution in [0.2, 0.25) is 5.02 Å². The molecule has 10 heteroatoms. The number of aliphatic hydroxyl groups is 1. The third kappa shape index (κ3) is 4.24. The number of pyridine rings is 1. The lowest BCUT2D eigenvalue weighted by molar-refractivity contribution is 0.249. The van der Waals surface area contributed by atoms with Crippen molar-refractivity contribution >= 4 is 11.6 Å². The summed E-state index contributed by atoms with van der Waals surface area (Å²) in [6.45, 7) is 1.47. The van der Waals surface area contributed by atoms with Gasteiger partial charge < -0.3 is 19.0 Å². The highest BCUT2D eigenvalue weighted by molar-refractivity contribution is 6.30. The molecule has 0 spiro atoms. The van der Waals surface area contributed by atoms with Crippen LogP contribution in [0.4, 0.5) is 8.78 Å². The van der Waals surface area contributed by atoms with Gasteiger partial charge in [-0.05, 0) is 42.8 Å². The molecule has 0 saturated heterocycles. The van der Waals surface area contributed by atoms with Crippen molar-refractivity contribution in [3.05, 3.63) is 89.1 Å². The Kier molecular flexibility index (Phi) is 5.96. The molecule has 2 aromatic carbocycles. The second kappa shape index (κ2) is 9.09. The number of ether oxygens (including phenoxy) is 1. The summed E-state index contributed by atoms with van der Waals surface area (Å²) in [5, 5.41) is 19.1. The van der Waals surface area contributed by atoms with Crippen molar-refractivity contribution < 1.29 is 18.6 Å². The van der Waals surface area contributed by atoms with Gasteiger partial charge >= 0.3 is 0 Å². The number of aryl methyl sites for hydroxylation is 1. The number of hydrogen-bond acceptors (Lipinski definition) is 5. The third-order valence-electron chi connectivity index (χ3n) is 5.75. The molecule has 178 valence electrons. The zero-order valence-electron chi connectivity index (χ0n) is 18.8. The van der Waals surface area contributed by atoms with Gasteiger partial charge in [-0.1, -0.05) is 17.7 Å². The highest BCUT2D eigenvalue weighted by Gasteiger charge is 2.25. The van der Waals surface area contributed by atoms with Crippen LogP contribution in [0.25, 0.3) is 28.3 Å². The molecular weight excluding hydrogens is 476 g/mol. The number of nitrogens with zero attached hydrogens (tertiary/aromatic N) is 5. The monoisotopic (exact) mass is 495 g/mol. The van der Waals surface area contributed by atoms with Gasteiger partial charge in [0.2, 0.25) is 0 Å². The van der Waals surface area contributed by atoms with E-state index < -0.39 is 24.3 Å². The van der Waals surface area contributed by atoms with Crippen molar-refractivity contribution in [1.29, 1.82) is 0 Å². The quantitative estimate of drug-likeness (QED) is 0.356. The van der Waals surface area contributed by atoms with Crippen LogP contribution in [0.15, 0.2) is 61.2 Å². The fraction of sp³-hybridized carbons (Fsp3) is 0.160. The first-order valence-electron chi connectivity index (χ1n) is 10.7. The topological polar surface area (TPSA) is 78.0 Å². The molecule has 1 aromatic heterocycles. The second-order valence-corrected chi connectivity index (χ2v) is 8.50. The van der Waals surface area contributed by atoms with Crippen LogP contribution >= 0.6 is 11.6 Å². The molecule has 0 radical (unpaired) electrons. The zero-order chi connectivity index (χ0) is 24.7. The van der Waals surface area contributed by atoms with Gasteiger partial charge in [0.15, 0.2) is 5.82 Å². The van der Waals surface area contributed by atoms with E-state index >= 15 is 0 Å². The molecule has 1 N–H and O–H groups in total. The molecule has 0 saturated carbocycles. The Morgan fingerprint density at radius 1 is 1.06 bits per heavy atom. The van der Waals surface area contributed by atoms with Gasteiger partial charge in [0.05, 0.1) is 42.5 Å². The largest absolute Gasteiger partial charge is 0.495 e. The van der Waals surface area contributed by atoms with Crippen LogP contribution in [0.5, 0.6) is 5.75 Å². The molecule has 2 aliphatic heterocycles. The maximum Gasteiger partial charge on any atom is 0.165 e. The number of aliphatic hydroxyl groups excluding tert-OH is 1. The maximum absolute atomic E-state index is 13.9. The summed E-state index contributed by atoms with van der Waals surface area (Å²) < 4.78 is 36.8. The summed E-state index contributed by atoms with van der Waals surface area (Å²) in [6, 6.07) is 9.61. The van der Waals surface area contributed by atoms with Gasteiger partial charge in [-0.2, -0.15) is 0 Å². The average molecular weight is 496 g/mol. The summed E-state index contributed by atoms with van der Waals surface area (Å²) in [4.78, 5) is 4.26. The summed E-state index contributed by atoms with van der Waals surface area (Å²) in [6.07, 6.45) is 5.15. The van der Waals surface area contributed by atoms with Crippen molar-refractivity contribution in [2.45, 2.75) is 13.0 Å². The minimum absolute atomic E-state index is 0.241. The van der Waals surface area contributed by atoms with Gasteiger partial charge in [-0.3, -0.25) is 0 Å². The Morgan fingerprint density at radius 3 is 2.49 bits per heavy atom. The van der Waals surface area contributed by atoms with Crippen LogP contribution in [0.1, 0.15) is 17.3 Å². The normalized spacial score (nSPS) is 12.3. The van der Waals surface area contributed by atoms with E-state index in [0.29, 0.717) is 27.9 Å². The van der Waals surface area contributed by atoms with Crippen LogP contribution in [0.3, 0.4) is 0 Å². The molecule has 1 unspecified atom stereocenters. The zero-order valence-corrected chi connectivity index (χ0v) is 19.5. The van der Waals surface area contributed by atoms with Gasteiger partial charge in [-0.25, -0.2) is 13.8 Å². The van der Waals surface area contributed by atoms with Crippen molar-refractivity contribution in [2.75, 3.05) is 13.7 Å². The van der Waals surface area contributed by atoms with Gasteiger partial charge in [0.25, 0.3) is 0 Å². The Balaban J connectivity index is 1.59. The molecular formula is C25H20ClF2N5O2. The number of halogens is 3. The predicted molar refractivity (Wildman–Crippen MR) is 127 cm³/mol. The molecule has 0 amide bonds. The van der Waals surface area contributed by atoms with Gasteiger partial charge in [0, 0.05) is 29.6 Å².